The molecule has 0 radical (unpaired) electrons. The lowest BCUT2D eigenvalue weighted by Gasteiger charge is -2.33. The van der Waals surface area contributed by atoms with Crippen molar-refractivity contribution >= 4 is 17.9 Å². The summed E-state index contributed by atoms with van der Waals surface area (Å²) in [6.45, 7) is 2.72. The first-order chi connectivity index (χ1) is 10.5. The zero-order valence-electron chi connectivity index (χ0n) is 12.9. The third-order valence-electron chi connectivity index (χ3n) is 4.46. The number of hydrogen-bond acceptors (Lipinski definition) is 5. The number of nitrogens with zero attached hydrogens (tertiary/aromatic N) is 3. The minimum Gasteiger partial charge on any atom is -0.466 e. The van der Waals surface area contributed by atoms with Gasteiger partial charge in [0.15, 0.2) is 5.82 Å². The van der Waals surface area contributed by atoms with Crippen molar-refractivity contribution in [2.24, 2.45) is 13.0 Å². The fraction of sp³-hybridized carbons (Fsp3) is 0.667. The predicted octanol–water partition coefficient (Wildman–Crippen LogP) is 1.87. The van der Waals surface area contributed by atoms with Crippen LogP contribution in [0.15, 0.2) is 12.3 Å². The van der Waals surface area contributed by atoms with Crippen LogP contribution >= 0.6 is 0 Å². The second-order valence-electron chi connectivity index (χ2n) is 6.01. The molecule has 1 aliphatic carbocycles. The summed E-state index contributed by atoms with van der Waals surface area (Å²) in [4.78, 5) is 25.5. The van der Waals surface area contributed by atoms with Gasteiger partial charge in [-0.05, 0) is 32.6 Å². The number of aryl methyl sites for hydroxylation is 1. The molecule has 1 aliphatic heterocycles. The Morgan fingerprint density at radius 3 is 2.82 bits per heavy atom. The average molecular weight is 307 g/mol. The van der Waals surface area contributed by atoms with E-state index in [-0.39, 0.29) is 18.0 Å². The Morgan fingerprint density at radius 1 is 1.50 bits per heavy atom. The van der Waals surface area contributed by atoms with Gasteiger partial charge in [0.25, 0.3) is 0 Å². The summed E-state index contributed by atoms with van der Waals surface area (Å²) in [6.07, 6.45) is 4.21. The zero-order chi connectivity index (χ0) is 15.7. The van der Waals surface area contributed by atoms with Crippen molar-refractivity contribution in [3.63, 3.8) is 0 Å². The van der Waals surface area contributed by atoms with Crippen LogP contribution in [0, 0.1) is 5.92 Å². The molecule has 7 heteroatoms. The molecule has 0 unspecified atom stereocenters. The number of anilines is 1. The van der Waals surface area contributed by atoms with Crippen molar-refractivity contribution in [1.29, 1.82) is 0 Å². The van der Waals surface area contributed by atoms with Crippen LogP contribution in [0.5, 0.6) is 0 Å². The van der Waals surface area contributed by atoms with Crippen molar-refractivity contribution in [1.82, 2.24) is 9.78 Å². The number of amides is 1. The second-order valence-corrected chi connectivity index (χ2v) is 6.01. The Labute approximate surface area is 129 Å². The van der Waals surface area contributed by atoms with Gasteiger partial charge in [0.1, 0.15) is 5.60 Å². The summed E-state index contributed by atoms with van der Waals surface area (Å²) in [6, 6.07) is 1.80. The third-order valence-corrected chi connectivity index (χ3v) is 4.46. The monoisotopic (exact) mass is 307 g/mol. The van der Waals surface area contributed by atoms with Gasteiger partial charge in [0.05, 0.1) is 19.1 Å². The van der Waals surface area contributed by atoms with Crippen molar-refractivity contribution in [3.05, 3.63) is 12.3 Å². The molecule has 2 aliphatic rings. The van der Waals surface area contributed by atoms with Gasteiger partial charge >= 0.3 is 12.1 Å². The van der Waals surface area contributed by atoms with Crippen molar-refractivity contribution < 1.29 is 19.1 Å². The van der Waals surface area contributed by atoms with Crippen LogP contribution in [-0.2, 0) is 21.3 Å². The molecule has 1 aromatic rings. The molecule has 1 saturated heterocycles. The van der Waals surface area contributed by atoms with E-state index < -0.39 is 5.60 Å². The molecule has 1 spiro atoms. The smallest absolute Gasteiger partial charge is 0.416 e. The Hall–Kier alpha value is -2.05. The van der Waals surface area contributed by atoms with E-state index in [9.17, 15) is 9.59 Å². The largest absolute Gasteiger partial charge is 0.466 e. The van der Waals surface area contributed by atoms with E-state index in [0.717, 1.165) is 0 Å². The van der Waals surface area contributed by atoms with E-state index in [0.29, 0.717) is 44.7 Å². The first-order valence-corrected chi connectivity index (χ1v) is 7.70. The molecule has 3 rings (SSSR count). The molecular weight excluding hydrogens is 286 g/mol. The minimum atomic E-state index is -0.488. The standard InChI is InChI=1S/C15H21N3O4/c1-3-21-13(19)11-4-7-15(8-5-11)10-18(14(20)22-15)12-6-9-17(2)16-12/h6,9,11H,3-5,7-8,10H2,1-2H3. The summed E-state index contributed by atoms with van der Waals surface area (Å²) in [5, 5.41) is 4.26. The molecule has 0 atom stereocenters. The molecular formula is C15H21N3O4. The minimum absolute atomic E-state index is 0.0758. The van der Waals surface area contributed by atoms with Gasteiger partial charge in [0, 0.05) is 19.3 Å². The normalized spacial score (nSPS) is 28.0. The van der Waals surface area contributed by atoms with E-state index >= 15 is 0 Å². The van der Waals surface area contributed by atoms with Crippen LogP contribution in [-0.4, -0.2) is 40.6 Å². The average Bonchev–Trinajstić information content (AvgIpc) is 3.04. The van der Waals surface area contributed by atoms with Gasteiger partial charge in [-0.25, -0.2) is 4.79 Å². The van der Waals surface area contributed by atoms with Gasteiger partial charge in [-0.15, -0.1) is 0 Å². The van der Waals surface area contributed by atoms with Crippen LogP contribution in [0.4, 0.5) is 10.6 Å². The lowest BCUT2D eigenvalue weighted by molar-refractivity contribution is -0.150. The summed E-state index contributed by atoms with van der Waals surface area (Å²) >= 11 is 0. The first kappa shape index (κ1) is 14.9. The Bertz CT molecular complexity index is 575. The molecule has 0 N–H and O–H groups in total. The number of hydrogen-bond donors (Lipinski definition) is 0. The zero-order valence-corrected chi connectivity index (χ0v) is 12.9. The third kappa shape index (κ3) is 2.67. The summed E-state index contributed by atoms with van der Waals surface area (Å²) in [7, 11) is 1.81. The van der Waals surface area contributed by atoms with Gasteiger partial charge in [-0.3, -0.25) is 14.4 Å². The van der Waals surface area contributed by atoms with Crippen molar-refractivity contribution in [3.8, 4) is 0 Å². The quantitative estimate of drug-likeness (QED) is 0.797. The van der Waals surface area contributed by atoms with Crippen molar-refractivity contribution in [2.75, 3.05) is 18.1 Å². The summed E-state index contributed by atoms with van der Waals surface area (Å²) < 4.78 is 12.4. The molecule has 1 aromatic heterocycles. The summed E-state index contributed by atoms with van der Waals surface area (Å²) in [5.74, 6) is 0.397. The summed E-state index contributed by atoms with van der Waals surface area (Å²) in [5.41, 5.74) is -0.488. The Kier molecular flexibility index (Phi) is 3.80. The fourth-order valence-corrected chi connectivity index (χ4v) is 3.25. The lowest BCUT2D eigenvalue weighted by Crippen LogP contribution is -2.40. The van der Waals surface area contributed by atoms with Crippen molar-refractivity contribution in [2.45, 2.75) is 38.2 Å². The number of ether oxygens (including phenoxy) is 2. The van der Waals surface area contributed by atoms with E-state index in [1.54, 1.807) is 21.8 Å². The molecule has 2 heterocycles. The van der Waals surface area contributed by atoms with E-state index in [1.165, 1.54) is 0 Å². The van der Waals surface area contributed by atoms with Crippen LogP contribution in [0.3, 0.4) is 0 Å². The highest BCUT2D eigenvalue weighted by Gasteiger charge is 2.49. The molecule has 7 nitrogen and oxygen atoms in total. The maximum absolute atomic E-state index is 12.1. The molecule has 1 amide bonds. The van der Waals surface area contributed by atoms with Gasteiger partial charge in [0.2, 0.25) is 0 Å². The van der Waals surface area contributed by atoms with Crippen LogP contribution in [0.2, 0.25) is 0 Å². The predicted molar refractivity (Wildman–Crippen MR) is 78.4 cm³/mol. The maximum atomic E-state index is 12.1. The Balaban J connectivity index is 1.65. The highest BCUT2D eigenvalue weighted by atomic mass is 16.6. The molecule has 2 fully saturated rings. The fourth-order valence-electron chi connectivity index (χ4n) is 3.25. The van der Waals surface area contributed by atoms with Crippen LogP contribution < -0.4 is 4.90 Å². The van der Waals surface area contributed by atoms with E-state index in [1.807, 2.05) is 14.0 Å². The van der Waals surface area contributed by atoms with Gasteiger partial charge in [-0.2, -0.15) is 5.10 Å². The number of rotatable bonds is 3. The lowest BCUT2D eigenvalue weighted by atomic mass is 9.79. The van der Waals surface area contributed by atoms with Crippen LogP contribution in [0.1, 0.15) is 32.6 Å². The van der Waals surface area contributed by atoms with E-state index in [4.69, 9.17) is 9.47 Å². The molecule has 22 heavy (non-hydrogen) atoms. The van der Waals surface area contributed by atoms with Gasteiger partial charge < -0.3 is 9.47 Å². The number of esters is 1. The Morgan fingerprint density at radius 2 is 2.23 bits per heavy atom. The molecule has 1 saturated carbocycles. The number of carbonyl (C=O) groups excluding carboxylic acids is 2. The second kappa shape index (κ2) is 5.62. The van der Waals surface area contributed by atoms with E-state index in [2.05, 4.69) is 5.10 Å². The maximum Gasteiger partial charge on any atom is 0.416 e. The number of carbonyl (C=O) groups is 2. The molecule has 120 valence electrons. The number of aromatic nitrogens is 2. The van der Waals surface area contributed by atoms with Gasteiger partial charge in [-0.1, -0.05) is 0 Å². The SMILES string of the molecule is CCOC(=O)C1CCC2(CC1)CN(c1ccn(C)n1)C(=O)O2. The first-order valence-electron chi connectivity index (χ1n) is 7.70. The molecule has 0 aromatic carbocycles. The molecule has 0 bridgehead atoms. The van der Waals surface area contributed by atoms with Crippen LogP contribution in [0.25, 0.3) is 0 Å². The topological polar surface area (TPSA) is 73.7 Å². The highest BCUT2D eigenvalue weighted by molar-refractivity contribution is 5.89. The highest BCUT2D eigenvalue weighted by Crippen LogP contribution is 2.40.